The molecule has 0 aliphatic heterocycles. The van der Waals surface area contributed by atoms with Gasteiger partial charge in [0.05, 0.1) is 6.10 Å². The third-order valence-electron chi connectivity index (χ3n) is 5.80. The standard InChI is InChI=1S/C27H38OSi/c1-22(2)21-25(20-14-17-23-15-10-8-11-16-23)26(24-18-12-9-13-19-24)28-29(6,7)27(3,4)5/h8-13,15-16,18-19,26H,14,17,20H2,1-7H3. The van der Waals surface area contributed by atoms with E-state index in [2.05, 4.69) is 114 Å². The lowest BCUT2D eigenvalue weighted by Gasteiger charge is -2.40. The Morgan fingerprint density at radius 1 is 0.931 bits per heavy atom. The van der Waals surface area contributed by atoms with Gasteiger partial charge in [0.2, 0.25) is 0 Å². The first-order valence-corrected chi connectivity index (χ1v) is 13.7. The molecular formula is C27H38OSi. The predicted octanol–water partition coefficient (Wildman–Crippen LogP) is 8.26. The molecule has 0 saturated heterocycles. The first kappa shape index (κ1) is 23.4. The van der Waals surface area contributed by atoms with Gasteiger partial charge in [-0.1, -0.05) is 81.4 Å². The largest absolute Gasteiger partial charge is 0.406 e. The zero-order chi connectivity index (χ0) is 21.5. The SMILES string of the molecule is CC(C)=C=C(CCCc1ccccc1)C(O[Si](C)(C)C(C)(C)C)c1ccccc1. The van der Waals surface area contributed by atoms with Crippen LogP contribution in [0.2, 0.25) is 18.1 Å². The summed E-state index contributed by atoms with van der Waals surface area (Å²) in [5.41, 5.74) is 8.78. The van der Waals surface area contributed by atoms with Crippen LogP contribution in [0.1, 0.15) is 64.7 Å². The second-order valence-electron chi connectivity index (χ2n) is 9.66. The van der Waals surface area contributed by atoms with E-state index in [0.29, 0.717) is 0 Å². The maximum atomic E-state index is 6.98. The summed E-state index contributed by atoms with van der Waals surface area (Å²) >= 11 is 0. The summed E-state index contributed by atoms with van der Waals surface area (Å²) in [7, 11) is -1.94. The minimum absolute atomic E-state index is 0.0252. The van der Waals surface area contributed by atoms with E-state index in [0.717, 1.165) is 19.3 Å². The molecule has 0 N–H and O–H groups in total. The molecule has 1 atom stereocenters. The molecule has 1 nitrogen and oxygen atoms in total. The van der Waals surface area contributed by atoms with Crippen LogP contribution in [0.15, 0.2) is 77.5 Å². The minimum atomic E-state index is -1.94. The van der Waals surface area contributed by atoms with Crippen molar-refractivity contribution < 1.29 is 4.43 Å². The van der Waals surface area contributed by atoms with Crippen LogP contribution in [0.3, 0.4) is 0 Å². The molecule has 0 aliphatic rings. The molecule has 2 aromatic rings. The lowest BCUT2D eigenvalue weighted by atomic mass is 9.96. The van der Waals surface area contributed by atoms with Crippen LogP contribution in [0.25, 0.3) is 0 Å². The molecule has 0 aromatic heterocycles. The Labute approximate surface area is 179 Å². The van der Waals surface area contributed by atoms with E-state index < -0.39 is 8.32 Å². The van der Waals surface area contributed by atoms with Crippen molar-refractivity contribution in [2.45, 2.75) is 78.1 Å². The van der Waals surface area contributed by atoms with Gasteiger partial charge in [0.15, 0.2) is 8.32 Å². The summed E-state index contributed by atoms with van der Waals surface area (Å²) in [6.07, 6.45) is 3.15. The molecule has 0 aliphatic carbocycles. The first-order chi connectivity index (χ1) is 13.6. The van der Waals surface area contributed by atoms with E-state index in [1.165, 1.54) is 22.3 Å². The van der Waals surface area contributed by atoms with Crippen LogP contribution < -0.4 is 0 Å². The van der Waals surface area contributed by atoms with Gasteiger partial charge < -0.3 is 4.43 Å². The smallest absolute Gasteiger partial charge is 0.193 e. The Bertz CT molecular complexity index is 818. The second-order valence-corrected chi connectivity index (χ2v) is 14.4. The number of rotatable bonds is 8. The fourth-order valence-corrected chi connectivity index (χ4v) is 4.37. The van der Waals surface area contributed by atoms with Crippen molar-refractivity contribution in [1.82, 2.24) is 0 Å². The lowest BCUT2D eigenvalue weighted by molar-refractivity contribution is 0.213. The molecule has 0 spiro atoms. The Balaban J connectivity index is 2.34. The van der Waals surface area contributed by atoms with Crippen LogP contribution in [0.5, 0.6) is 0 Å². The summed E-state index contributed by atoms with van der Waals surface area (Å²) in [4.78, 5) is 0. The predicted molar refractivity (Wildman–Crippen MR) is 129 cm³/mol. The molecule has 2 rings (SSSR count). The van der Waals surface area contributed by atoms with Gasteiger partial charge in [-0.15, -0.1) is 5.73 Å². The molecule has 0 saturated carbocycles. The summed E-state index contributed by atoms with van der Waals surface area (Å²) in [5.74, 6) is 0. The van der Waals surface area contributed by atoms with Crippen molar-refractivity contribution in [2.24, 2.45) is 0 Å². The molecule has 0 heterocycles. The molecule has 0 radical (unpaired) electrons. The van der Waals surface area contributed by atoms with E-state index in [4.69, 9.17) is 4.43 Å². The van der Waals surface area contributed by atoms with Crippen LogP contribution >= 0.6 is 0 Å². The van der Waals surface area contributed by atoms with Crippen molar-refractivity contribution >= 4 is 8.32 Å². The number of benzene rings is 2. The van der Waals surface area contributed by atoms with Gasteiger partial charge in [0.25, 0.3) is 0 Å². The molecular weight excluding hydrogens is 368 g/mol. The Kier molecular flexibility index (Phi) is 8.28. The fraction of sp³-hybridized carbons (Fsp3) is 0.444. The van der Waals surface area contributed by atoms with Gasteiger partial charge in [0.1, 0.15) is 0 Å². The highest BCUT2D eigenvalue weighted by atomic mass is 28.4. The van der Waals surface area contributed by atoms with Crippen LogP contribution in [-0.4, -0.2) is 8.32 Å². The third kappa shape index (κ3) is 7.15. The van der Waals surface area contributed by atoms with E-state index >= 15 is 0 Å². The molecule has 1 unspecified atom stereocenters. The fourth-order valence-electron chi connectivity index (χ4n) is 3.15. The van der Waals surface area contributed by atoms with Crippen molar-refractivity contribution in [3.63, 3.8) is 0 Å². The average Bonchev–Trinajstić information content (AvgIpc) is 2.66. The maximum Gasteiger partial charge on any atom is 0.193 e. The van der Waals surface area contributed by atoms with Gasteiger partial charge in [0, 0.05) is 5.57 Å². The van der Waals surface area contributed by atoms with E-state index in [1.807, 2.05) is 0 Å². The normalized spacial score (nSPS) is 12.9. The number of hydrogen-bond donors (Lipinski definition) is 0. The topological polar surface area (TPSA) is 9.23 Å². The molecule has 0 amide bonds. The zero-order valence-corrected chi connectivity index (χ0v) is 20.4. The van der Waals surface area contributed by atoms with Gasteiger partial charge in [-0.3, -0.25) is 0 Å². The maximum absolute atomic E-state index is 6.98. The van der Waals surface area contributed by atoms with E-state index in [-0.39, 0.29) is 11.1 Å². The molecule has 2 heteroatoms. The summed E-state index contributed by atoms with van der Waals surface area (Å²) in [6, 6.07) is 21.4. The second kappa shape index (κ2) is 10.3. The zero-order valence-electron chi connectivity index (χ0n) is 19.4. The van der Waals surface area contributed by atoms with Crippen LogP contribution in [0.4, 0.5) is 0 Å². The molecule has 0 bridgehead atoms. The van der Waals surface area contributed by atoms with Gasteiger partial charge in [-0.05, 0) is 67.9 Å². The van der Waals surface area contributed by atoms with Crippen molar-refractivity contribution in [3.05, 3.63) is 88.7 Å². The Hall–Kier alpha value is -1.86. The monoisotopic (exact) mass is 406 g/mol. The highest BCUT2D eigenvalue weighted by Crippen LogP contribution is 2.42. The van der Waals surface area contributed by atoms with Crippen LogP contribution in [-0.2, 0) is 10.8 Å². The molecule has 0 fully saturated rings. The van der Waals surface area contributed by atoms with Gasteiger partial charge >= 0.3 is 0 Å². The number of hydrogen-bond acceptors (Lipinski definition) is 1. The van der Waals surface area contributed by atoms with Crippen molar-refractivity contribution in [3.8, 4) is 0 Å². The highest BCUT2D eigenvalue weighted by Gasteiger charge is 2.40. The molecule has 2 aromatic carbocycles. The quantitative estimate of drug-likeness (QED) is 0.316. The van der Waals surface area contributed by atoms with Crippen molar-refractivity contribution in [1.29, 1.82) is 0 Å². The number of aryl methyl sites for hydroxylation is 1. The Morgan fingerprint density at radius 3 is 2.00 bits per heavy atom. The van der Waals surface area contributed by atoms with Crippen LogP contribution in [0, 0.1) is 0 Å². The molecule has 29 heavy (non-hydrogen) atoms. The summed E-state index contributed by atoms with van der Waals surface area (Å²) < 4.78 is 6.98. The van der Waals surface area contributed by atoms with Gasteiger partial charge in [-0.2, -0.15) is 0 Å². The van der Waals surface area contributed by atoms with Crippen molar-refractivity contribution in [2.75, 3.05) is 0 Å². The summed E-state index contributed by atoms with van der Waals surface area (Å²) in [6.45, 7) is 15.9. The Morgan fingerprint density at radius 2 is 1.48 bits per heavy atom. The van der Waals surface area contributed by atoms with Gasteiger partial charge in [-0.25, -0.2) is 0 Å². The van der Waals surface area contributed by atoms with E-state index in [1.54, 1.807) is 0 Å². The average molecular weight is 407 g/mol. The minimum Gasteiger partial charge on any atom is -0.406 e. The van der Waals surface area contributed by atoms with E-state index in [9.17, 15) is 0 Å². The lowest BCUT2D eigenvalue weighted by Crippen LogP contribution is -2.42. The third-order valence-corrected chi connectivity index (χ3v) is 10.2. The first-order valence-electron chi connectivity index (χ1n) is 10.8. The molecule has 156 valence electrons. The summed E-state index contributed by atoms with van der Waals surface area (Å²) in [5, 5.41) is 0.167. The highest BCUT2D eigenvalue weighted by molar-refractivity contribution is 6.74.